The number of nitrogens with one attached hydrogen (secondary N) is 2. The molecule has 1 unspecified atom stereocenters. The van der Waals surface area contributed by atoms with Gasteiger partial charge < -0.3 is 10.3 Å². The number of nitrogens with zero attached hydrogens (tertiary/aromatic N) is 2. The van der Waals surface area contributed by atoms with Crippen LogP contribution in [0.15, 0.2) is 53.3 Å². The van der Waals surface area contributed by atoms with Crippen LogP contribution < -0.4 is 10.9 Å². The van der Waals surface area contributed by atoms with Crippen molar-refractivity contribution in [1.82, 2.24) is 15.3 Å². The second-order valence-corrected chi connectivity index (χ2v) is 6.41. The second kappa shape index (κ2) is 8.28. The highest BCUT2D eigenvalue weighted by atomic mass is 16.1. The molecule has 0 aliphatic rings. The minimum absolute atomic E-state index is 0.0602. The Kier molecular flexibility index (Phi) is 5.62. The quantitative estimate of drug-likeness (QED) is 0.706. The summed E-state index contributed by atoms with van der Waals surface area (Å²) in [5.74, 6) is 0.529. The predicted octanol–water partition coefficient (Wildman–Crippen LogP) is 2.99. The molecule has 0 aliphatic heterocycles. The van der Waals surface area contributed by atoms with Crippen molar-refractivity contribution in [2.75, 3.05) is 0 Å². The van der Waals surface area contributed by atoms with E-state index in [4.69, 9.17) is 5.26 Å². The Balaban J connectivity index is 1.53. The highest BCUT2D eigenvalue weighted by Gasteiger charge is 2.10. The first-order chi connectivity index (χ1) is 13.1. The maximum Gasteiger partial charge on any atom is 0.258 e. The second-order valence-electron chi connectivity index (χ2n) is 6.41. The molecule has 6 nitrogen and oxygen atoms in total. The summed E-state index contributed by atoms with van der Waals surface area (Å²) in [4.78, 5) is 31.4. The van der Waals surface area contributed by atoms with E-state index < -0.39 is 0 Å². The van der Waals surface area contributed by atoms with Gasteiger partial charge in [0.2, 0.25) is 5.91 Å². The van der Waals surface area contributed by atoms with Crippen molar-refractivity contribution >= 4 is 16.8 Å². The number of carbonyl (C=O) groups is 1. The van der Waals surface area contributed by atoms with Crippen LogP contribution in [-0.2, 0) is 11.2 Å². The molecule has 3 rings (SSSR count). The lowest BCUT2D eigenvalue weighted by Gasteiger charge is -2.14. The Bertz CT molecular complexity index is 1050. The van der Waals surface area contributed by atoms with Crippen LogP contribution >= 0.6 is 0 Å². The summed E-state index contributed by atoms with van der Waals surface area (Å²) in [5, 5.41) is 12.3. The number of aromatic nitrogens is 2. The fourth-order valence-electron chi connectivity index (χ4n) is 2.91. The molecule has 6 heteroatoms. The molecule has 0 saturated heterocycles. The molecule has 136 valence electrons. The molecule has 1 atom stereocenters. The lowest BCUT2D eigenvalue weighted by Crippen LogP contribution is -2.26. The largest absolute Gasteiger partial charge is 0.350 e. The van der Waals surface area contributed by atoms with Crippen molar-refractivity contribution in [3.8, 4) is 6.07 Å². The fourth-order valence-corrected chi connectivity index (χ4v) is 2.91. The summed E-state index contributed by atoms with van der Waals surface area (Å²) in [6, 6.07) is 16.3. The van der Waals surface area contributed by atoms with Gasteiger partial charge in [-0.15, -0.1) is 0 Å². The molecule has 0 bridgehead atoms. The maximum atomic E-state index is 12.2. The number of aromatic amines is 1. The first-order valence-electron chi connectivity index (χ1n) is 8.84. The molecule has 1 aromatic heterocycles. The first kappa shape index (κ1) is 18.3. The van der Waals surface area contributed by atoms with Gasteiger partial charge in [0.1, 0.15) is 5.82 Å². The molecule has 2 N–H and O–H groups in total. The van der Waals surface area contributed by atoms with Gasteiger partial charge in [0, 0.05) is 12.8 Å². The summed E-state index contributed by atoms with van der Waals surface area (Å²) in [6.07, 6.45) is 1.46. The number of rotatable bonds is 6. The highest BCUT2D eigenvalue weighted by Crippen LogP contribution is 2.14. The van der Waals surface area contributed by atoms with Gasteiger partial charge in [-0.25, -0.2) is 4.98 Å². The number of amides is 1. The minimum atomic E-state index is -0.158. The van der Waals surface area contributed by atoms with Crippen LogP contribution in [0.4, 0.5) is 0 Å². The molecule has 0 aliphatic carbocycles. The Morgan fingerprint density at radius 3 is 2.70 bits per heavy atom. The number of H-pyrrole nitrogens is 1. The molecule has 1 amide bonds. The van der Waals surface area contributed by atoms with Crippen molar-refractivity contribution in [1.29, 1.82) is 5.26 Å². The summed E-state index contributed by atoms with van der Waals surface area (Å²) >= 11 is 0. The molecule has 1 heterocycles. The van der Waals surface area contributed by atoms with Gasteiger partial charge in [-0.3, -0.25) is 9.59 Å². The third-order valence-corrected chi connectivity index (χ3v) is 4.40. The Hall–Kier alpha value is -3.46. The van der Waals surface area contributed by atoms with E-state index in [0.29, 0.717) is 41.6 Å². The topological polar surface area (TPSA) is 98.6 Å². The van der Waals surface area contributed by atoms with E-state index in [2.05, 4.69) is 21.4 Å². The highest BCUT2D eigenvalue weighted by molar-refractivity contribution is 5.77. The molecular formula is C21H20N4O2. The first-order valence-corrected chi connectivity index (χ1v) is 8.84. The monoisotopic (exact) mass is 360 g/mol. The number of para-hydroxylation sites is 1. The summed E-state index contributed by atoms with van der Waals surface area (Å²) < 4.78 is 0. The molecule has 0 spiro atoms. The number of benzene rings is 2. The number of aryl methyl sites for hydroxylation is 1. The van der Waals surface area contributed by atoms with Gasteiger partial charge >= 0.3 is 0 Å². The third-order valence-electron chi connectivity index (χ3n) is 4.40. The van der Waals surface area contributed by atoms with Crippen LogP contribution in [0.25, 0.3) is 10.9 Å². The van der Waals surface area contributed by atoms with Gasteiger partial charge in [0.25, 0.3) is 5.56 Å². The maximum absolute atomic E-state index is 12.2. The zero-order chi connectivity index (χ0) is 19.2. The molecule has 3 aromatic rings. The minimum Gasteiger partial charge on any atom is -0.350 e. The Morgan fingerprint density at radius 2 is 1.96 bits per heavy atom. The number of fused-ring (bicyclic) bond motifs is 1. The van der Waals surface area contributed by atoms with Gasteiger partial charge in [-0.2, -0.15) is 5.26 Å². The fraction of sp³-hybridized carbons (Fsp3) is 0.238. The molecule has 0 saturated carbocycles. The van der Waals surface area contributed by atoms with Gasteiger partial charge in [0.05, 0.1) is 28.6 Å². The lowest BCUT2D eigenvalue weighted by atomic mass is 10.1. The normalized spacial score (nSPS) is 11.7. The van der Waals surface area contributed by atoms with Crippen LogP contribution in [-0.4, -0.2) is 15.9 Å². The summed E-state index contributed by atoms with van der Waals surface area (Å²) in [7, 11) is 0. The number of carbonyl (C=O) groups excluding carboxylic acids is 1. The zero-order valence-corrected chi connectivity index (χ0v) is 15.0. The SMILES string of the molecule is CC(NC(=O)CCCc1nc2ccccc2c(=O)[nH]1)c1ccc(C#N)cc1. The Morgan fingerprint density at radius 1 is 1.22 bits per heavy atom. The van der Waals surface area contributed by atoms with Crippen LogP contribution in [0.1, 0.15) is 42.8 Å². The van der Waals surface area contributed by atoms with Crippen molar-refractivity contribution < 1.29 is 4.79 Å². The number of nitriles is 1. The number of hydrogen-bond donors (Lipinski definition) is 2. The predicted molar refractivity (Wildman–Crippen MR) is 103 cm³/mol. The van der Waals surface area contributed by atoms with Crippen molar-refractivity contribution in [2.24, 2.45) is 0 Å². The van der Waals surface area contributed by atoms with E-state index in [0.717, 1.165) is 5.56 Å². The average molecular weight is 360 g/mol. The van der Waals surface area contributed by atoms with E-state index in [1.807, 2.05) is 25.1 Å². The smallest absolute Gasteiger partial charge is 0.258 e. The number of hydrogen-bond acceptors (Lipinski definition) is 4. The van der Waals surface area contributed by atoms with Crippen LogP contribution in [0.5, 0.6) is 0 Å². The third kappa shape index (κ3) is 4.59. The van der Waals surface area contributed by atoms with Crippen molar-refractivity contribution in [2.45, 2.75) is 32.2 Å². The molecule has 27 heavy (non-hydrogen) atoms. The molecule has 0 fully saturated rings. The molecular weight excluding hydrogens is 340 g/mol. The van der Waals surface area contributed by atoms with E-state index in [9.17, 15) is 9.59 Å². The lowest BCUT2D eigenvalue weighted by molar-refractivity contribution is -0.121. The van der Waals surface area contributed by atoms with E-state index in [1.165, 1.54) is 0 Å². The van der Waals surface area contributed by atoms with Crippen molar-refractivity contribution in [3.63, 3.8) is 0 Å². The van der Waals surface area contributed by atoms with Crippen LogP contribution in [0.3, 0.4) is 0 Å². The van der Waals surface area contributed by atoms with Crippen LogP contribution in [0, 0.1) is 11.3 Å². The average Bonchev–Trinajstić information content (AvgIpc) is 2.68. The summed E-state index contributed by atoms with van der Waals surface area (Å²) in [6.45, 7) is 1.90. The van der Waals surface area contributed by atoms with Crippen molar-refractivity contribution in [3.05, 3.63) is 75.8 Å². The molecule has 0 radical (unpaired) electrons. The van der Waals surface area contributed by atoms with E-state index in [-0.39, 0.29) is 17.5 Å². The van der Waals surface area contributed by atoms with Crippen LogP contribution in [0.2, 0.25) is 0 Å². The van der Waals surface area contributed by atoms with E-state index in [1.54, 1.807) is 30.3 Å². The summed E-state index contributed by atoms with van der Waals surface area (Å²) in [5.41, 5.74) is 2.04. The van der Waals surface area contributed by atoms with Gasteiger partial charge in [0.15, 0.2) is 0 Å². The standard InChI is InChI=1S/C21H20N4O2/c1-14(16-11-9-15(13-22)10-12-16)23-20(26)8-4-7-19-24-18-6-3-2-5-17(18)21(27)25-19/h2-3,5-6,9-12,14H,4,7-8H2,1H3,(H,23,26)(H,24,25,27). The van der Waals surface area contributed by atoms with Gasteiger partial charge in [-0.05, 0) is 43.2 Å². The zero-order valence-electron chi connectivity index (χ0n) is 15.0. The Labute approximate surface area is 156 Å². The van der Waals surface area contributed by atoms with Gasteiger partial charge in [-0.1, -0.05) is 24.3 Å². The molecule has 2 aromatic carbocycles. The van der Waals surface area contributed by atoms with E-state index >= 15 is 0 Å².